The zero-order chi connectivity index (χ0) is 11.5. The minimum Gasteiger partial charge on any atom is -0.355 e. The van der Waals surface area contributed by atoms with E-state index in [0.717, 1.165) is 0 Å². The van der Waals surface area contributed by atoms with Crippen molar-refractivity contribution in [3.8, 4) is 0 Å². The predicted molar refractivity (Wildman–Crippen MR) is 63.8 cm³/mol. The molecule has 2 heterocycles. The zero-order valence-corrected chi connectivity index (χ0v) is 10.2. The third kappa shape index (κ3) is 2.52. The first kappa shape index (κ1) is 11.8. The van der Waals surface area contributed by atoms with Gasteiger partial charge in [0.15, 0.2) is 0 Å². The molecule has 16 heavy (non-hydrogen) atoms. The fraction of sp³-hybridized carbons (Fsp3) is 0.500. The molecule has 0 spiro atoms. The van der Waals surface area contributed by atoms with Gasteiger partial charge < -0.3 is 4.90 Å². The van der Waals surface area contributed by atoms with Gasteiger partial charge in [-0.05, 0) is 6.07 Å². The molecule has 1 aliphatic heterocycles. The van der Waals surface area contributed by atoms with Crippen LogP contribution in [0.15, 0.2) is 12.3 Å². The fourth-order valence-electron chi connectivity index (χ4n) is 1.71. The number of alkyl halides is 1. The van der Waals surface area contributed by atoms with Gasteiger partial charge in [-0.2, -0.15) is 0 Å². The zero-order valence-electron chi connectivity index (χ0n) is 8.66. The van der Waals surface area contributed by atoms with Gasteiger partial charge in [0.05, 0.1) is 12.1 Å². The van der Waals surface area contributed by atoms with E-state index in [0.29, 0.717) is 36.0 Å². The first-order chi connectivity index (χ1) is 7.70. The molecule has 0 bridgehead atoms. The number of anilines is 1. The fourth-order valence-corrected chi connectivity index (χ4v) is 2.96. The second-order valence-corrected chi connectivity index (χ2v) is 5.57. The van der Waals surface area contributed by atoms with E-state index in [-0.39, 0.29) is 11.7 Å². The van der Waals surface area contributed by atoms with Crippen LogP contribution in [-0.4, -0.2) is 33.8 Å². The predicted octanol–water partition coefficient (Wildman–Crippen LogP) is 1.53. The van der Waals surface area contributed by atoms with Gasteiger partial charge in [-0.25, -0.2) is 9.37 Å². The van der Waals surface area contributed by atoms with Gasteiger partial charge in [0, 0.05) is 41.0 Å². The second-order valence-electron chi connectivity index (χ2n) is 3.61. The quantitative estimate of drug-likeness (QED) is 0.758. The van der Waals surface area contributed by atoms with Gasteiger partial charge in [-0.3, -0.25) is 4.21 Å². The largest absolute Gasteiger partial charge is 0.355 e. The summed E-state index contributed by atoms with van der Waals surface area (Å²) in [6.07, 6.45) is 1.19. The Labute approximate surface area is 101 Å². The number of rotatable bonds is 2. The van der Waals surface area contributed by atoms with Crippen LogP contribution < -0.4 is 4.90 Å². The molecule has 0 unspecified atom stereocenters. The number of pyridine rings is 1. The molecule has 1 aliphatic rings. The molecule has 0 radical (unpaired) electrons. The standard InChI is InChI=1S/C10H12ClFN2OS/c11-6-8-5-9(12)7-13-10(8)14-1-3-16(15)4-2-14/h5,7H,1-4,6H2. The van der Waals surface area contributed by atoms with Crippen molar-refractivity contribution in [2.45, 2.75) is 5.88 Å². The van der Waals surface area contributed by atoms with Crippen molar-refractivity contribution in [1.29, 1.82) is 0 Å². The summed E-state index contributed by atoms with van der Waals surface area (Å²) in [5, 5.41) is 0. The maximum atomic E-state index is 13.0. The molecule has 88 valence electrons. The second kappa shape index (κ2) is 5.10. The minimum absolute atomic E-state index is 0.236. The number of halogens is 2. The molecule has 0 atom stereocenters. The summed E-state index contributed by atoms with van der Waals surface area (Å²) in [6, 6.07) is 1.40. The van der Waals surface area contributed by atoms with E-state index < -0.39 is 10.8 Å². The Morgan fingerprint density at radius 1 is 1.50 bits per heavy atom. The Balaban J connectivity index is 2.22. The van der Waals surface area contributed by atoms with E-state index in [4.69, 9.17) is 11.6 Å². The minimum atomic E-state index is -0.724. The summed E-state index contributed by atoms with van der Waals surface area (Å²) in [5.74, 6) is 1.86. The average Bonchev–Trinajstić information content (AvgIpc) is 2.30. The van der Waals surface area contributed by atoms with Crippen molar-refractivity contribution in [2.24, 2.45) is 0 Å². The van der Waals surface area contributed by atoms with Crippen LogP contribution in [0.5, 0.6) is 0 Å². The van der Waals surface area contributed by atoms with E-state index in [1.165, 1.54) is 12.3 Å². The topological polar surface area (TPSA) is 33.2 Å². The van der Waals surface area contributed by atoms with E-state index >= 15 is 0 Å². The van der Waals surface area contributed by atoms with Crippen LogP contribution in [0.1, 0.15) is 5.56 Å². The highest BCUT2D eigenvalue weighted by atomic mass is 35.5. The van der Waals surface area contributed by atoms with Crippen molar-refractivity contribution in [2.75, 3.05) is 29.5 Å². The highest BCUT2D eigenvalue weighted by Crippen LogP contribution is 2.21. The lowest BCUT2D eigenvalue weighted by atomic mass is 10.2. The molecule has 0 aliphatic carbocycles. The summed E-state index contributed by atoms with van der Waals surface area (Å²) in [5.41, 5.74) is 0.689. The highest BCUT2D eigenvalue weighted by molar-refractivity contribution is 7.85. The normalized spacial score (nSPS) is 17.8. The van der Waals surface area contributed by atoms with E-state index in [9.17, 15) is 8.60 Å². The molecule has 1 aromatic heterocycles. The maximum absolute atomic E-state index is 13.0. The van der Waals surface area contributed by atoms with Crippen molar-refractivity contribution in [3.05, 3.63) is 23.6 Å². The van der Waals surface area contributed by atoms with E-state index in [1.807, 2.05) is 4.90 Å². The van der Waals surface area contributed by atoms with Gasteiger partial charge in [0.1, 0.15) is 11.6 Å². The summed E-state index contributed by atoms with van der Waals surface area (Å²) in [6.45, 7) is 1.38. The van der Waals surface area contributed by atoms with Crippen LogP contribution >= 0.6 is 11.6 Å². The molecular formula is C10H12ClFN2OS. The van der Waals surface area contributed by atoms with Gasteiger partial charge >= 0.3 is 0 Å². The monoisotopic (exact) mass is 262 g/mol. The van der Waals surface area contributed by atoms with Crippen LogP contribution in [0.3, 0.4) is 0 Å². The van der Waals surface area contributed by atoms with Gasteiger partial charge in [-0.1, -0.05) is 0 Å². The Bertz CT molecular complexity index is 406. The lowest BCUT2D eigenvalue weighted by molar-refractivity contribution is 0.618. The summed E-state index contributed by atoms with van der Waals surface area (Å²) >= 11 is 5.76. The molecule has 3 nitrogen and oxygen atoms in total. The van der Waals surface area contributed by atoms with Crippen LogP contribution in [0, 0.1) is 5.82 Å². The molecule has 0 amide bonds. The molecule has 6 heteroatoms. The van der Waals surface area contributed by atoms with E-state index in [1.54, 1.807) is 0 Å². The highest BCUT2D eigenvalue weighted by Gasteiger charge is 2.19. The van der Waals surface area contributed by atoms with E-state index in [2.05, 4.69) is 4.98 Å². The summed E-state index contributed by atoms with van der Waals surface area (Å²) < 4.78 is 24.2. The smallest absolute Gasteiger partial charge is 0.141 e. The van der Waals surface area contributed by atoms with Crippen LogP contribution in [-0.2, 0) is 16.7 Å². The van der Waals surface area contributed by atoms with Crippen LogP contribution in [0.25, 0.3) is 0 Å². The lowest BCUT2D eigenvalue weighted by Crippen LogP contribution is -2.38. The van der Waals surface area contributed by atoms with Crippen LogP contribution in [0.2, 0.25) is 0 Å². The Hall–Kier alpha value is -0.680. The summed E-state index contributed by atoms with van der Waals surface area (Å²) in [4.78, 5) is 6.08. The third-order valence-corrected chi connectivity index (χ3v) is 4.09. The number of hydrogen-bond donors (Lipinski definition) is 0. The Morgan fingerprint density at radius 2 is 2.19 bits per heavy atom. The van der Waals surface area contributed by atoms with Gasteiger partial charge in [0.2, 0.25) is 0 Å². The van der Waals surface area contributed by atoms with Crippen molar-refractivity contribution >= 4 is 28.2 Å². The van der Waals surface area contributed by atoms with Gasteiger partial charge in [0.25, 0.3) is 0 Å². The first-order valence-corrected chi connectivity index (χ1v) is 7.03. The van der Waals surface area contributed by atoms with Gasteiger partial charge in [-0.15, -0.1) is 11.6 Å². The summed E-state index contributed by atoms with van der Waals surface area (Å²) in [7, 11) is -0.724. The molecule has 1 aromatic rings. The SMILES string of the molecule is O=S1CCN(c2ncc(F)cc2CCl)CC1. The molecule has 2 rings (SSSR count). The Kier molecular flexibility index (Phi) is 3.76. The van der Waals surface area contributed by atoms with Crippen molar-refractivity contribution in [3.63, 3.8) is 0 Å². The first-order valence-electron chi connectivity index (χ1n) is 5.01. The van der Waals surface area contributed by atoms with Crippen LogP contribution in [0.4, 0.5) is 10.2 Å². The van der Waals surface area contributed by atoms with Crippen molar-refractivity contribution in [1.82, 2.24) is 4.98 Å². The number of nitrogens with zero attached hydrogens (tertiary/aromatic N) is 2. The molecule has 0 saturated carbocycles. The third-order valence-electron chi connectivity index (χ3n) is 2.53. The average molecular weight is 263 g/mol. The molecule has 1 saturated heterocycles. The van der Waals surface area contributed by atoms with Crippen molar-refractivity contribution < 1.29 is 8.60 Å². The Morgan fingerprint density at radius 3 is 2.81 bits per heavy atom. The lowest BCUT2D eigenvalue weighted by Gasteiger charge is -2.28. The molecule has 1 fully saturated rings. The molecular weight excluding hydrogens is 251 g/mol. The number of hydrogen-bond acceptors (Lipinski definition) is 3. The number of aromatic nitrogens is 1. The maximum Gasteiger partial charge on any atom is 0.141 e. The molecule has 0 aromatic carbocycles. The molecule has 0 N–H and O–H groups in total.